The molecule has 1 saturated heterocycles. The number of hydrogen-bond donors (Lipinski definition) is 1. The van der Waals surface area contributed by atoms with Crippen LogP contribution in [-0.4, -0.2) is 46.8 Å². The first kappa shape index (κ1) is 17.4. The van der Waals surface area contributed by atoms with Crippen LogP contribution in [0.2, 0.25) is 0 Å². The fraction of sp³-hybridized carbons (Fsp3) is 0.438. The van der Waals surface area contributed by atoms with E-state index in [9.17, 15) is 14.7 Å². The monoisotopic (exact) mass is 337 g/mol. The third-order valence-electron chi connectivity index (χ3n) is 3.87. The van der Waals surface area contributed by atoms with Gasteiger partial charge in [-0.15, -0.1) is 0 Å². The lowest BCUT2D eigenvalue weighted by molar-refractivity contribution is -0.157. The summed E-state index contributed by atoms with van der Waals surface area (Å²) in [6.45, 7) is 1.27. The molecule has 23 heavy (non-hydrogen) atoms. The predicted molar refractivity (Wildman–Crippen MR) is 86.4 cm³/mol. The fourth-order valence-electron chi connectivity index (χ4n) is 2.66. The molecular weight excluding hydrogens is 318 g/mol. The summed E-state index contributed by atoms with van der Waals surface area (Å²) < 4.78 is 10.4. The van der Waals surface area contributed by atoms with Gasteiger partial charge in [0.1, 0.15) is 6.10 Å². The van der Waals surface area contributed by atoms with Crippen molar-refractivity contribution in [2.45, 2.75) is 25.5 Å². The van der Waals surface area contributed by atoms with Gasteiger partial charge in [-0.2, -0.15) is 0 Å². The first-order valence-corrected chi connectivity index (χ1v) is 7.73. The van der Waals surface area contributed by atoms with Crippen LogP contribution in [0, 0.1) is 5.92 Å². The lowest BCUT2D eigenvalue weighted by Crippen LogP contribution is -2.57. The van der Waals surface area contributed by atoms with Crippen LogP contribution in [-0.2, 0) is 19.1 Å². The molecule has 0 radical (unpaired) electrons. The Morgan fingerprint density at radius 1 is 1.43 bits per heavy atom. The van der Waals surface area contributed by atoms with Crippen molar-refractivity contribution in [1.29, 1.82) is 0 Å². The number of nitrogens with zero attached hydrogens (tertiary/aromatic N) is 1. The lowest BCUT2D eigenvalue weighted by Gasteiger charge is -2.40. The zero-order chi connectivity index (χ0) is 17.0. The molecule has 0 aromatic heterocycles. The van der Waals surface area contributed by atoms with Gasteiger partial charge in [0.2, 0.25) is 5.91 Å². The van der Waals surface area contributed by atoms with Crippen molar-refractivity contribution in [2.75, 3.05) is 13.7 Å². The number of rotatable bonds is 5. The number of carbonyl (C=O) groups excluding carboxylic acids is 2. The minimum absolute atomic E-state index is 0.127. The second-order valence-corrected chi connectivity index (χ2v) is 5.51. The Hall–Kier alpha value is -1.99. The third-order valence-corrected chi connectivity index (χ3v) is 4.16. The Bertz CT molecular complexity index is 591. The first-order valence-electron chi connectivity index (χ1n) is 7.32. The molecule has 7 heteroatoms. The van der Waals surface area contributed by atoms with Crippen molar-refractivity contribution in [1.82, 2.24) is 4.90 Å². The minimum Gasteiger partial charge on any atom is -0.467 e. The summed E-state index contributed by atoms with van der Waals surface area (Å²) >= 11 is 5.16. The average Bonchev–Trinajstić information content (AvgIpc) is 2.58. The molecule has 1 aliphatic rings. The standard InChI is InChI=1S/C16H19NO5S/c1-3-11-13(10-7-5-4-6-8-10)22-16(23)17(14(11)19)12(9-18)15(20)21-2/h4-8,11-13,18H,3,9H2,1-2H3/t11-,12+,13+/m0/s1. The van der Waals surface area contributed by atoms with Crippen LogP contribution in [0.25, 0.3) is 0 Å². The van der Waals surface area contributed by atoms with Crippen molar-refractivity contribution in [2.24, 2.45) is 5.92 Å². The smallest absolute Gasteiger partial charge is 0.331 e. The molecule has 124 valence electrons. The number of aliphatic hydroxyl groups excluding tert-OH is 1. The number of aliphatic hydroxyl groups is 1. The summed E-state index contributed by atoms with van der Waals surface area (Å²) in [6, 6.07) is 8.13. The summed E-state index contributed by atoms with van der Waals surface area (Å²) in [6.07, 6.45) is 0.00559. The maximum absolute atomic E-state index is 12.8. The molecule has 0 unspecified atom stereocenters. The van der Waals surface area contributed by atoms with Crippen molar-refractivity contribution in [3.05, 3.63) is 35.9 Å². The maximum Gasteiger partial charge on any atom is 0.331 e. The second kappa shape index (κ2) is 7.52. The number of esters is 1. The van der Waals surface area contributed by atoms with Gasteiger partial charge in [0, 0.05) is 0 Å². The van der Waals surface area contributed by atoms with E-state index in [-0.39, 0.29) is 11.1 Å². The van der Waals surface area contributed by atoms with E-state index in [0.29, 0.717) is 6.42 Å². The number of ether oxygens (including phenoxy) is 2. The van der Waals surface area contributed by atoms with E-state index < -0.39 is 30.6 Å². The Balaban J connectivity index is 2.33. The maximum atomic E-state index is 12.8. The molecule has 1 fully saturated rings. The molecule has 6 nitrogen and oxygen atoms in total. The number of thiocarbonyl (C=S) groups is 1. The van der Waals surface area contributed by atoms with Gasteiger partial charge in [-0.3, -0.25) is 9.69 Å². The molecule has 1 amide bonds. The molecule has 3 atom stereocenters. The third kappa shape index (κ3) is 3.35. The summed E-state index contributed by atoms with van der Waals surface area (Å²) in [5.41, 5.74) is 0.841. The topological polar surface area (TPSA) is 76.1 Å². The molecule has 1 N–H and O–H groups in total. The molecule has 1 aromatic rings. The molecule has 0 spiro atoms. The van der Waals surface area contributed by atoms with Crippen molar-refractivity contribution < 1.29 is 24.2 Å². The van der Waals surface area contributed by atoms with Crippen LogP contribution in [0.3, 0.4) is 0 Å². The average molecular weight is 337 g/mol. The highest BCUT2D eigenvalue weighted by molar-refractivity contribution is 7.80. The van der Waals surface area contributed by atoms with Crippen LogP contribution in [0.5, 0.6) is 0 Å². The molecule has 1 heterocycles. The summed E-state index contributed by atoms with van der Waals surface area (Å²) in [7, 11) is 1.19. The van der Waals surface area contributed by atoms with E-state index in [4.69, 9.17) is 17.0 Å². The highest BCUT2D eigenvalue weighted by atomic mass is 32.1. The summed E-state index contributed by atoms with van der Waals surface area (Å²) in [4.78, 5) is 25.6. The van der Waals surface area contributed by atoms with Gasteiger partial charge in [0.15, 0.2) is 6.04 Å². The highest BCUT2D eigenvalue weighted by Gasteiger charge is 2.45. The van der Waals surface area contributed by atoms with E-state index in [1.54, 1.807) is 0 Å². The molecule has 0 aliphatic carbocycles. The molecular formula is C16H19NO5S. The molecule has 0 bridgehead atoms. The fourth-order valence-corrected chi connectivity index (χ4v) is 2.98. The predicted octanol–water partition coefficient (Wildman–Crippen LogP) is 1.43. The Labute approximate surface area is 140 Å². The number of benzene rings is 1. The van der Waals surface area contributed by atoms with Crippen LogP contribution in [0.15, 0.2) is 30.3 Å². The first-order chi connectivity index (χ1) is 11.0. The number of methoxy groups -OCH3 is 1. The number of carbonyl (C=O) groups is 2. The molecule has 0 saturated carbocycles. The molecule has 2 rings (SSSR count). The Kier molecular flexibility index (Phi) is 5.68. The minimum atomic E-state index is -1.19. The largest absolute Gasteiger partial charge is 0.467 e. The van der Waals surface area contributed by atoms with Crippen LogP contribution in [0.4, 0.5) is 0 Å². The molecule has 1 aromatic carbocycles. The van der Waals surface area contributed by atoms with E-state index in [1.165, 1.54) is 7.11 Å². The highest BCUT2D eigenvalue weighted by Crippen LogP contribution is 2.35. The van der Waals surface area contributed by atoms with E-state index in [0.717, 1.165) is 10.5 Å². The van der Waals surface area contributed by atoms with Gasteiger partial charge in [-0.05, 0) is 24.2 Å². The van der Waals surface area contributed by atoms with Gasteiger partial charge >= 0.3 is 5.97 Å². The zero-order valence-electron chi connectivity index (χ0n) is 13.0. The number of hydrogen-bond acceptors (Lipinski definition) is 6. The van der Waals surface area contributed by atoms with E-state index >= 15 is 0 Å². The van der Waals surface area contributed by atoms with E-state index in [2.05, 4.69) is 4.74 Å². The summed E-state index contributed by atoms with van der Waals surface area (Å²) in [5.74, 6) is -1.58. The Morgan fingerprint density at radius 2 is 2.09 bits per heavy atom. The van der Waals surface area contributed by atoms with Gasteiger partial charge in [0.05, 0.1) is 19.6 Å². The van der Waals surface area contributed by atoms with E-state index in [1.807, 2.05) is 37.3 Å². The van der Waals surface area contributed by atoms with Crippen LogP contribution in [0.1, 0.15) is 25.0 Å². The van der Waals surface area contributed by atoms with Crippen LogP contribution >= 0.6 is 12.2 Å². The van der Waals surface area contributed by atoms with Crippen molar-refractivity contribution >= 4 is 29.3 Å². The summed E-state index contributed by atoms with van der Waals surface area (Å²) in [5, 5.41) is 9.32. The van der Waals surface area contributed by atoms with Gasteiger partial charge in [0.25, 0.3) is 5.17 Å². The normalized spacial score (nSPS) is 22.5. The lowest BCUT2D eigenvalue weighted by atomic mass is 9.90. The van der Waals surface area contributed by atoms with Gasteiger partial charge < -0.3 is 14.6 Å². The quantitative estimate of drug-likeness (QED) is 0.647. The molecule has 1 aliphatic heterocycles. The van der Waals surface area contributed by atoms with Gasteiger partial charge in [-0.1, -0.05) is 37.3 Å². The van der Waals surface area contributed by atoms with Crippen molar-refractivity contribution in [3.63, 3.8) is 0 Å². The number of amides is 1. The Morgan fingerprint density at radius 3 is 2.61 bits per heavy atom. The van der Waals surface area contributed by atoms with Gasteiger partial charge in [-0.25, -0.2) is 4.79 Å². The zero-order valence-corrected chi connectivity index (χ0v) is 13.8. The van der Waals surface area contributed by atoms with Crippen LogP contribution < -0.4 is 0 Å². The second-order valence-electron chi connectivity index (χ2n) is 5.16. The SMILES string of the molecule is CC[C@@H]1C(=O)N([C@H](CO)C(=O)OC)C(=S)O[C@@H]1c1ccccc1. The van der Waals surface area contributed by atoms with Crippen molar-refractivity contribution in [3.8, 4) is 0 Å².